The molecule has 0 bridgehead atoms. The van der Waals surface area contributed by atoms with Crippen LogP contribution in [-0.2, 0) is 28.7 Å². The Morgan fingerprint density at radius 1 is 0.886 bits per heavy atom. The Labute approximate surface area is 203 Å². The predicted molar refractivity (Wildman–Crippen MR) is 124 cm³/mol. The highest BCUT2D eigenvalue weighted by molar-refractivity contribution is 5.81. The van der Waals surface area contributed by atoms with Crippen molar-refractivity contribution in [2.24, 2.45) is 0 Å². The number of hydrogen-bond donors (Lipinski definition) is 7. The fourth-order valence-electron chi connectivity index (χ4n) is 1.29. The van der Waals surface area contributed by atoms with Crippen molar-refractivity contribution in [1.82, 2.24) is 0 Å². The molecule has 1 aromatic carbocycles. The molecular weight excluding hydrogens is 468 g/mol. The quantitative estimate of drug-likeness (QED) is 0.0830. The summed E-state index contributed by atoms with van der Waals surface area (Å²) in [5.74, 6) is -2.24. The first-order valence-electron chi connectivity index (χ1n) is 9.72. The standard InChI is InChI=1S/C7H8.C6H10O4.C5H8O3.C2H6O2.2CHNO/c1-7-5-3-2-4-6-7;7-5(8)3-1-2-4-6(9)10;1-2-5(7)8-4-3-6;3-1-2-4;2*2-1-3/h2-6H,1H3;1-4H2,(H,7,8)(H,9,10);2,6H,1,3-4H2;3-4H,1-2H2;2*2H. The van der Waals surface area contributed by atoms with Gasteiger partial charge >= 0.3 is 17.9 Å². The van der Waals surface area contributed by atoms with E-state index >= 15 is 0 Å². The van der Waals surface area contributed by atoms with Crippen LogP contribution in [0, 0.1) is 17.7 Å². The molecule has 13 heteroatoms. The number of carbonyl (C=O) groups is 3. The van der Waals surface area contributed by atoms with Gasteiger partial charge in [-0.1, -0.05) is 42.5 Å². The van der Waals surface area contributed by atoms with Gasteiger partial charge in [0.15, 0.2) is 0 Å². The minimum absolute atomic E-state index is 0.0465. The van der Waals surface area contributed by atoms with Crippen molar-refractivity contribution in [2.45, 2.75) is 32.6 Å². The third kappa shape index (κ3) is 72.6. The maximum Gasteiger partial charge on any atom is 0.330 e. The average Bonchev–Trinajstić information content (AvgIpc) is 2.82. The molecular formula is C22H34N2O11. The first-order chi connectivity index (χ1) is 16.6. The first-order valence-corrected chi connectivity index (χ1v) is 9.72. The zero-order chi connectivity index (χ0) is 28.3. The van der Waals surface area contributed by atoms with Crippen molar-refractivity contribution in [3.63, 3.8) is 0 Å². The highest BCUT2D eigenvalue weighted by Crippen LogP contribution is 1.98. The molecule has 0 aliphatic rings. The molecule has 1 aromatic rings. The monoisotopic (exact) mass is 502 g/mol. The lowest BCUT2D eigenvalue weighted by Gasteiger charge is -1.94. The smallest absolute Gasteiger partial charge is 0.330 e. The lowest BCUT2D eigenvalue weighted by atomic mass is 10.2. The topological polar surface area (TPSA) is 243 Å². The Bertz CT molecular complexity index is 669. The summed E-state index contributed by atoms with van der Waals surface area (Å²) < 4.78 is 4.33. The summed E-state index contributed by atoms with van der Waals surface area (Å²) in [4.78, 5) is 46.6. The Morgan fingerprint density at radius 2 is 1.26 bits per heavy atom. The first kappa shape index (κ1) is 41.3. The van der Waals surface area contributed by atoms with Gasteiger partial charge in [-0.25, -0.2) is 25.2 Å². The van der Waals surface area contributed by atoms with Crippen LogP contribution >= 0.6 is 0 Å². The van der Waals surface area contributed by atoms with E-state index in [2.05, 4.69) is 30.4 Å². The van der Waals surface area contributed by atoms with Gasteiger partial charge in [-0.15, -0.1) is 0 Å². The van der Waals surface area contributed by atoms with Crippen LogP contribution in [0.3, 0.4) is 0 Å². The van der Waals surface area contributed by atoms with Gasteiger partial charge in [0, 0.05) is 18.9 Å². The maximum atomic E-state index is 10.1. The van der Waals surface area contributed by atoms with Gasteiger partial charge < -0.3 is 30.3 Å². The second-order valence-corrected chi connectivity index (χ2v) is 5.40. The highest BCUT2D eigenvalue weighted by atomic mass is 16.5. The minimum Gasteiger partial charge on any atom is -0.481 e. The third-order valence-electron chi connectivity index (χ3n) is 2.57. The average molecular weight is 503 g/mol. The van der Waals surface area contributed by atoms with Crippen molar-refractivity contribution in [3.05, 3.63) is 48.6 Å². The van der Waals surface area contributed by atoms with Gasteiger partial charge in [0.1, 0.15) is 6.61 Å². The Balaban J connectivity index is -0.000000109. The van der Waals surface area contributed by atoms with Crippen LogP contribution < -0.4 is 0 Å². The number of ether oxygens (including phenoxy) is 1. The molecule has 0 saturated heterocycles. The number of aliphatic carboxylic acids is 2. The second kappa shape index (κ2) is 40.4. The van der Waals surface area contributed by atoms with E-state index in [1.807, 2.05) is 18.2 Å². The number of esters is 1. The summed E-state index contributed by atoms with van der Waals surface area (Å²) in [5.41, 5.74) is 1.32. The van der Waals surface area contributed by atoms with E-state index in [9.17, 15) is 14.4 Å². The normalized spacial score (nSPS) is 7.54. The number of isocyanates is 2. The number of carbonyl (C=O) groups excluding carboxylic acids is 3. The number of unbranched alkanes of at least 4 members (excludes halogenated alkanes) is 1. The predicted octanol–water partition coefficient (Wildman–Crippen LogP) is 1.19. The molecule has 0 aliphatic heterocycles. The molecule has 0 radical (unpaired) electrons. The second-order valence-electron chi connectivity index (χ2n) is 5.40. The van der Waals surface area contributed by atoms with Crippen molar-refractivity contribution in [2.75, 3.05) is 26.4 Å². The van der Waals surface area contributed by atoms with E-state index < -0.39 is 17.9 Å². The Hall–Kier alpha value is -3.99. The maximum absolute atomic E-state index is 10.1. The Kier molecular flexibility index (Phi) is 47.6. The van der Waals surface area contributed by atoms with E-state index in [-0.39, 0.29) is 39.3 Å². The number of aliphatic hydroxyl groups excluding tert-OH is 3. The number of carboxylic acid groups (broad SMARTS) is 2. The summed E-state index contributed by atoms with van der Waals surface area (Å²) >= 11 is 0. The zero-order valence-corrected chi connectivity index (χ0v) is 19.5. The number of benzene rings is 1. The van der Waals surface area contributed by atoms with Crippen LogP contribution in [0.2, 0.25) is 0 Å². The van der Waals surface area contributed by atoms with Gasteiger partial charge in [0.25, 0.3) is 0 Å². The van der Waals surface area contributed by atoms with Crippen LogP contribution in [0.25, 0.3) is 0 Å². The van der Waals surface area contributed by atoms with Gasteiger partial charge in [0.05, 0.1) is 19.8 Å². The van der Waals surface area contributed by atoms with Gasteiger partial charge in [-0.3, -0.25) is 9.59 Å². The molecule has 1 rings (SSSR count). The highest BCUT2D eigenvalue weighted by Gasteiger charge is 1.99. The molecule has 0 spiro atoms. The summed E-state index contributed by atoms with van der Waals surface area (Å²) in [6.07, 6.45) is 3.57. The van der Waals surface area contributed by atoms with Crippen LogP contribution in [-0.4, -0.2) is 82.0 Å². The number of aryl methyl sites for hydroxylation is 1. The van der Waals surface area contributed by atoms with E-state index in [1.165, 1.54) is 5.56 Å². The van der Waals surface area contributed by atoms with Gasteiger partial charge in [0.2, 0.25) is 12.2 Å². The molecule has 7 N–H and O–H groups in total. The Morgan fingerprint density at radius 3 is 1.46 bits per heavy atom. The van der Waals surface area contributed by atoms with Crippen molar-refractivity contribution >= 4 is 30.1 Å². The summed E-state index contributed by atoms with van der Waals surface area (Å²) in [6.45, 7) is 4.90. The molecule has 0 fully saturated rings. The summed E-state index contributed by atoms with van der Waals surface area (Å²) in [5, 5.41) is 50.4. The lowest BCUT2D eigenvalue weighted by Crippen LogP contribution is -2.04. The molecule has 13 nitrogen and oxygen atoms in total. The number of carboxylic acids is 2. The SMILES string of the molecule is C=CC(=O)OCCO.Cc1ccccc1.N=C=O.N=C=O.O=C(O)CCCCC(=O)O.OCCO. The fourth-order valence-corrected chi connectivity index (χ4v) is 1.29. The van der Waals surface area contributed by atoms with Crippen molar-refractivity contribution in [1.29, 1.82) is 10.8 Å². The van der Waals surface area contributed by atoms with Crippen molar-refractivity contribution < 1.29 is 54.2 Å². The van der Waals surface area contributed by atoms with E-state index in [4.69, 9.17) is 45.9 Å². The minimum atomic E-state index is -0.870. The lowest BCUT2D eigenvalue weighted by molar-refractivity contribution is -0.139. The fraction of sp³-hybridized carbons (Fsp3) is 0.409. The largest absolute Gasteiger partial charge is 0.481 e. The van der Waals surface area contributed by atoms with E-state index in [0.717, 1.165) is 18.2 Å². The number of aliphatic hydroxyl groups is 3. The van der Waals surface area contributed by atoms with E-state index in [0.29, 0.717) is 12.8 Å². The molecule has 0 aliphatic carbocycles. The molecule has 0 saturated carbocycles. The molecule has 198 valence electrons. The summed E-state index contributed by atoms with van der Waals surface area (Å²) in [7, 11) is 0. The van der Waals surface area contributed by atoms with Gasteiger partial charge in [-0.2, -0.15) is 0 Å². The molecule has 0 amide bonds. The zero-order valence-electron chi connectivity index (χ0n) is 19.5. The van der Waals surface area contributed by atoms with Crippen LogP contribution in [0.1, 0.15) is 31.2 Å². The molecule has 0 atom stereocenters. The number of nitrogens with one attached hydrogen (secondary N) is 2. The molecule has 0 heterocycles. The number of rotatable bonds is 9. The van der Waals surface area contributed by atoms with Crippen molar-refractivity contribution in [3.8, 4) is 0 Å². The number of hydrogen-bond acceptors (Lipinski definition) is 11. The summed E-state index contributed by atoms with van der Waals surface area (Å²) in [6, 6.07) is 10.3. The van der Waals surface area contributed by atoms with Gasteiger partial charge in [-0.05, 0) is 19.8 Å². The van der Waals surface area contributed by atoms with Crippen LogP contribution in [0.4, 0.5) is 0 Å². The molecule has 0 aromatic heterocycles. The molecule has 0 unspecified atom stereocenters. The molecule has 35 heavy (non-hydrogen) atoms. The van der Waals surface area contributed by atoms with Crippen LogP contribution in [0.5, 0.6) is 0 Å². The third-order valence-corrected chi connectivity index (χ3v) is 2.57. The van der Waals surface area contributed by atoms with Crippen LogP contribution in [0.15, 0.2) is 43.0 Å². The van der Waals surface area contributed by atoms with E-state index in [1.54, 1.807) is 0 Å².